The monoisotopic (exact) mass is 500 g/mol. The van der Waals surface area contributed by atoms with Crippen molar-refractivity contribution in [3.8, 4) is 5.75 Å². The molecule has 9 heteroatoms. The summed E-state index contributed by atoms with van der Waals surface area (Å²) < 4.78 is 48.8. The number of benzene rings is 1. The number of aliphatic hydroxyl groups is 3. The fourth-order valence-electron chi connectivity index (χ4n) is 4.02. The lowest BCUT2D eigenvalue weighted by atomic mass is 9.89. The van der Waals surface area contributed by atoms with Crippen molar-refractivity contribution in [2.24, 2.45) is 11.8 Å². The second-order valence-electron chi connectivity index (χ2n) is 9.04. The standard InChI is InChI=1S/C26H35F3O6/c1-17(2)35-25(33)11-6-4-3-5-10-21-22(24(32)15-23(21)31)13-12-19(30)16-34-20-9-7-8-18(14-20)26(27,28)29/h3,5,7-9,12-14,17,19,21-24,30-32H,4,6,10-11,15-16H2,1-2H3/b5-3-,13-12+/t19?,21-,22-,23?,24?/m1/s1. The van der Waals surface area contributed by atoms with Gasteiger partial charge in [-0.15, -0.1) is 0 Å². The third kappa shape index (κ3) is 10.0. The summed E-state index contributed by atoms with van der Waals surface area (Å²) in [6, 6.07) is 4.40. The summed E-state index contributed by atoms with van der Waals surface area (Å²) in [7, 11) is 0. The van der Waals surface area contributed by atoms with E-state index < -0.39 is 30.1 Å². The summed E-state index contributed by atoms with van der Waals surface area (Å²) in [4.78, 5) is 11.5. The molecule has 2 rings (SSSR count). The number of ether oxygens (including phenoxy) is 2. The first-order valence-corrected chi connectivity index (χ1v) is 11.8. The summed E-state index contributed by atoms with van der Waals surface area (Å²) in [5.74, 6) is -0.883. The Morgan fingerprint density at radius 3 is 2.63 bits per heavy atom. The van der Waals surface area contributed by atoms with Gasteiger partial charge in [0.2, 0.25) is 0 Å². The normalized spacial score (nSPS) is 23.9. The predicted octanol–water partition coefficient (Wildman–Crippen LogP) is 4.43. The maximum Gasteiger partial charge on any atom is 0.416 e. The highest BCUT2D eigenvalue weighted by Gasteiger charge is 2.39. The molecule has 35 heavy (non-hydrogen) atoms. The van der Waals surface area contributed by atoms with Gasteiger partial charge in [-0.25, -0.2) is 0 Å². The number of aliphatic hydroxyl groups excluding tert-OH is 3. The molecule has 0 amide bonds. The summed E-state index contributed by atoms with van der Waals surface area (Å²) in [5.41, 5.74) is -0.838. The largest absolute Gasteiger partial charge is 0.491 e. The highest BCUT2D eigenvalue weighted by molar-refractivity contribution is 5.69. The molecular formula is C26H35F3O6. The Balaban J connectivity index is 1.82. The molecule has 3 unspecified atom stereocenters. The minimum Gasteiger partial charge on any atom is -0.491 e. The van der Waals surface area contributed by atoms with Crippen LogP contribution in [0.1, 0.15) is 51.5 Å². The second kappa shape index (κ2) is 13.7. The highest BCUT2D eigenvalue weighted by atomic mass is 19.4. The summed E-state index contributed by atoms with van der Waals surface area (Å²) in [6.07, 6.45) is 2.09. The number of alkyl halides is 3. The van der Waals surface area contributed by atoms with E-state index in [9.17, 15) is 33.3 Å². The summed E-state index contributed by atoms with van der Waals surface area (Å²) in [5, 5.41) is 30.8. The molecule has 1 fully saturated rings. The number of rotatable bonds is 12. The van der Waals surface area contributed by atoms with Crippen molar-refractivity contribution < 1.29 is 42.8 Å². The Labute approximate surface area is 204 Å². The van der Waals surface area contributed by atoms with Gasteiger partial charge in [-0.1, -0.05) is 30.4 Å². The number of carbonyl (C=O) groups excluding carboxylic acids is 1. The van der Waals surface area contributed by atoms with Crippen LogP contribution < -0.4 is 4.74 Å². The first-order chi connectivity index (χ1) is 16.5. The summed E-state index contributed by atoms with van der Waals surface area (Å²) >= 11 is 0. The van der Waals surface area contributed by atoms with Crippen molar-refractivity contribution in [1.29, 1.82) is 0 Å². The first kappa shape index (κ1) is 28.9. The molecule has 1 aliphatic carbocycles. The average Bonchev–Trinajstić information content (AvgIpc) is 3.04. The van der Waals surface area contributed by atoms with Crippen LogP contribution in [0.3, 0.4) is 0 Å². The number of hydrogen-bond acceptors (Lipinski definition) is 6. The SMILES string of the molecule is CC(C)OC(=O)CCC/C=C\C[C@H]1C(O)CC(O)[C@@H]1/C=C/C(O)COc1cccc(C(F)(F)F)c1. The molecule has 1 aromatic rings. The van der Waals surface area contributed by atoms with E-state index in [2.05, 4.69) is 0 Å². The number of esters is 1. The molecule has 0 bridgehead atoms. The second-order valence-corrected chi connectivity index (χ2v) is 9.04. The van der Waals surface area contributed by atoms with Crippen molar-refractivity contribution in [1.82, 2.24) is 0 Å². The molecular weight excluding hydrogens is 465 g/mol. The number of halogens is 3. The van der Waals surface area contributed by atoms with Crippen LogP contribution >= 0.6 is 0 Å². The zero-order valence-corrected chi connectivity index (χ0v) is 20.0. The van der Waals surface area contributed by atoms with Gasteiger partial charge in [0.05, 0.1) is 23.9 Å². The lowest BCUT2D eigenvalue weighted by Crippen LogP contribution is -2.21. The van der Waals surface area contributed by atoms with Crippen LogP contribution in [0.4, 0.5) is 13.2 Å². The number of hydrogen-bond donors (Lipinski definition) is 3. The molecule has 0 saturated heterocycles. The molecule has 1 aliphatic rings. The molecule has 196 valence electrons. The number of unbranched alkanes of at least 4 members (excludes halogenated alkanes) is 1. The lowest BCUT2D eigenvalue weighted by molar-refractivity contribution is -0.147. The van der Waals surface area contributed by atoms with Gasteiger partial charge in [-0.05, 0) is 57.2 Å². The van der Waals surface area contributed by atoms with E-state index in [0.717, 1.165) is 12.1 Å². The van der Waals surface area contributed by atoms with Gasteiger partial charge in [-0.2, -0.15) is 13.2 Å². The molecule has 3 N–H and O–H groups in total. The molecule has 1 saturated carbocycles. The first-order valence-electron chi connectivity index (χ1n) is 11.8. The molecule has 0 spiro atoms. The fourth-order valence-corrected chi connectivity index (χ4v) is 4.02. The van der Waals surface area contributed by atoms with Crippen molar-refractivity contribution in [2.45, 2.75) is 76.5 Å². The van der Waals surface area contributed by atoms with E-state index in [1.54, 1.807) is 19.9 Å². The van der Waals surface area contributed by atoms with Crippen LogP contribution in [0.5, 0.6) is 5.75 Å². The lowest BCUT2D eigenvalue weighted by Gasteiger charge is -2.19. The van der Waals surface area contributed by atoms with Crippen LogP contribution in [0, 0.1) is 11.8 Å². The molecule has 6 nitrogen and oxygen atoms in total. The van der Waals surface area contributed by atoms with Gasteiger partial charge in [0.1, 0.15) is 18.5 Å². The fraction of sp³-hybridized carbons (Fsp3) is 0.577. The topological polar surface area (TPSA) is 96.2 Å². The van der Waals surface area contributed by atoms with Crippen molar-refractivity contribution in [3.63, 3.8) is 0 Å². The van der Waals surface area contributed by atoms with Gasteiger partial charge in [0, 0.05) is 18.8 Å². The third-order valence-electron chi connectivity index (χ3n) is 5.75. The zero-order valence-electron chi connectivity index (χ0n) is 20.0. The Kier molecular flexibility index (Phi) is 11.3. The van der Waals surface area contributed by atoms with Gasteiger partial charge in [0.25, 0.3) is 0 Å². The van der Waals surface area contributed by atoms with Crippen LogP contribution in [0.2, 0.25) is 0 Å². The van der Waals surface area contributed by atoms with E-state index in [-0.39, 0.29) is 42.7 Å². The minimum atomic E-state index is -4.49. The third-order valence-corrected chi connectivity index (χ3v) is 5.75. The average molecular weight is 501 g/mol. The van der Waals surface area contributed by atoms with Gasteiger partial charge < -0.3 is 24.8 Å². The van der Waals surface area contributed by atoms with E-state index in [1.807, 2.05) is 12.2 Å². The Morgan fingerprint density at radius 2 is 1.94 bits per heavy atom. The van der Waals surface area contributed by atoms with E-state index in [0.29, 0.717) is 25.7 Å². The molecule has 0 heterocycles. The van der Waals surface area contributed by atoms with Crippen LogP contribution in [0.25, 0.3) is 0 Å². The molecule has 0 aromatic heterocycles. The van der Waals surface area contributed by atoms with Gasteiger partial charge in [-0.3, -0.25) is 4.79 Å². The maximum atomic E-state index is 12.8. The van der Waals surface area contributed by atoms with Crippen molar-refractivity contribution in [3.05, 3.63) is 54.1 Å². The molecule has 0 aliphatic heterocycles. The Bertz CT molecular complexity index is 852. The number of carbonyl (C=O) groups is 1. The maximum absolute atomic E-state index is 12.8. The van der Waals surface area contributed by atoms with Crippen LogP contribution in [-0.2, 0) is 15.7 Å². The highest BCUT2D eigenvalue weighted by Crippen LogP contribution is 2.36. The Hall–Kier alpha value is -2.36. The van der Waals surface area contributed by atoms with E-state index in [4.69, 9.17) is 9.47 Å². The van der Waals surface area contributed by atoms with Gasteiger partial charge in [0.15, 0.2) is 0 Å². The molecule has 5 atom stereocenters. The summed E-state index contributed by atoms with van der Waals surface area (Å²) in [6.45, 7) is 3.34. The number of allylic oxidation sites excluding steroid dienone is 2. The van der Waals surface area contributed by atoms with Crippen LogP contribution in [0.15, 0.2) is 48.6 Å². The molecule has 0 radical (unpaired) electrons. The van der Waals surface area contributed by atoms with E-state index in [1.165, 1.54) is 18.2 Å². The van der Waals surface area contributed by atoms with Crippen LogP contribution in [-0.4, -0.2) is 52.3 Å². The minimum absolute atomic E-state index is 0.0101. The predicted molar refractivity (Wildman–Crippen MR) is 125 cm³/mol. The van der Waals surface area contributed by atoms with Crippen molar-refractivity contribution in [2.75, 3.05) is 6.61 Å². The molecule has 1 aromatic carbocycles. The van der Waals surface area contributed by atoms with Gasteiger partial charge >= 0.3 is 12.1 Å². The van der Waals surface area contributed by atoms with E-state index >= 15 is 0 Å². The smallest absolute Gasteiger partial charge is 0.416 e. The zero-order chi connectivity index (χ0) is 26.0. The Morgan fingerprint density at radius 1 is 1.20 bits per heavy atom. The van der Waals surface area contributed by atoms with Crippen molar-refractivity contribution >= 4 is 5.97 Å². The quantitative estimate of drug-likeness (QED) is 0.223.